The van der Waals surface area contributed by atoms with Gasteiger partial charge in [0, 0.05) is 22.5 Å². The fraction of sp³-hybridized carbons (Fsp3) is 0. The third kappa shape index (κ3) is 6.14. The van der Waals surface area contributed by atoms with Gasteiger partial charge in [0.2, 0.25) is 0 Å². The average molecular weight is 716 g/mol. The van der Waals surface area contributed by atoms with Gasteiger partial charge in [-0.15, -0.1) is 0 Å². The van der Waals surface area contributed by atoms with Crippen molar-refractivity contribution in [3.05, 3.63) is 224 Å². The van der Waals surface area contributed by atoms with E-state index in [4.69, 9.17) is 4.74 Å². The summed E-state index contributed by atoms with van der Waals surface area (Å²) < 4.78 is 7.10. The summed E-state index contributed by atoms with van der Waals surface area (Å²) in [5.74, 6) is 1.64. The summed E-state index contributed by atoms with van der Waals surface area (Å²) in [5.41, 5.74) is 16.8. The van der Waals surface area contributed by atoms with Crippen LogP contribution >= 0.6 is 0 Å². The average Bonchev–Trinajstić information content (AvgIpc) is 3.42. The molecule has 0 unspecified atom stereocenters. The van der Waals surface area contributed by atoms with E-state index in [1.165, 1.54) is 22.3 Å². The van der Waals surface area contributed by atoms with Crippen molar-refractivity contribution in [2.24, 2.45) is 0 Å². The van der Waals surface area contributed by atoms with E-state index < -0.39 is 0 Å². The van der Waals surface area contributed by atoms with E-state index in [2.05, 4.69) is 229 Å². The van der Waals surface area contributed by atoms with Crippen LogP contribution in [0.3, 0.4) is 0 Å². The molecule has 9 aromatic carbocycles. The van der Waals surface area contributed by atoms with Crippen LogP contribution in [0.4, 0.5) is 17.1 Å². The molecule has 10 rings (SSSR count). The molecule has 2 heteroatoms. The molecule has 56 heavy (non-hydrogen) atoms. The maximum absolute atomic E-state index is 7.10. The van der Waals surface area contributed by atoms with Gasteiger partial charge >= 0.3 is 0 Å². The minimum atomic E-state index is 0.810. The molecule has 9 aromatic rings. The van der Waals surface area contributed by atoms with Gasteiger partial charge in [-0.05, 0) is 104 Å². The maximum Gasteiger partial charge on any atom is 0.137 e. The van der Waals surface area contributed by atoms with E-state index in [1.54, 1.807) is 0 Å². The van der Waals surface area contributed by atoms with Gasteiger partial charge in [0.1, 0.15) is 11.5 Å². The second-order valence-corrected chi connectivity index (χ2v) is 14.1. The normalized spacial score (nSPS) is 11.4. The molecule has 1 heterocycles. The highest BCUT2D eigenvalue weighted by molar-refractivity contribution is 6.03. The first-order valence-corrected chi connectivity index (χ1v) is 19.1. The number of hydrogen-bond donors (Lipinski definition) is 0. The number of nitrogens with zero attached hydrogens (tertiary/aromatic N) is 1. The van der Waals surface area contributed by atoms with Crippen LogP contribution in [0.5, 0.6) is 11.5 Å². The lowest BCUT2D eigenvalue weighted by Crippen LogP contribution is -2.11. The van der Waals surface area contributed by atoms with Crippen LogP contribution in [0.1, 0.15) is 0 Å². The van der Waals surface area contributed by atoms with E-state index in [0.717, 1.165) is 73.1 Å². The van der Waals surface area contributed by atoms with Crippen LogP contribution in [-0.2, 0) is 0 Å². The van der Waals surface area contributed by atoms with E-state index in [0.29, 0.717) is 0 Å². The van der Waals surface area contributed by atoms with Crippen molar-refractivity contribution in [2.45, 2.75) is 0 Å². The van der Waals surface area contributed by atoms with Crippen molar-refractivity contribution in [1.82, 2.24) is 0 Å². The molecule has 1 aliphatic heterocycles. The highest BCUT2D eigenvalue weighted by atomic mass is 16.5. The lowest BCUT2D eigenvalue weighted by atomic mass is 9.86. The Hall–Kier alpha value is -7.42. The van der Waals surface area contributed by atoms with Crippen molar-refractivity contribution in [3.8, 4) is 78.3 Å². The first kappa shape index (κ1) is 33.2. The third-order valence-corrected chi connectivity index (χ3v) is 10.7. The Labute approximate surface area is 328 Å². The molecule has 0 saturated carbocycles. The summed E-state index contributed by atoms with van der Waals surface area (Å²) in [6.07, 6.45) is 0. The van der Waals surface area contributed by atoms with E-state index in [-0.39, 0.29) is 0 Å². The summed E-state index contributed by atoms with van der Waals surface area (Å²) in [5, 5.41) is 0. The fourth-order valence-corrected chi connectivity index (χ4v) is 8.03. The number of rotatable bonds is 7. The first-order chi connectivity index (χ1) is 27.8. The Bertz CT molecular complexity index is 2800. The second-order valence-electron chi connectivity index (χ2n) is 14.1. The van der Waals surface area contributed by atoms with Crippen LogP contribution in [0.15, 0.2) is 224 Å². The summed E-state index contributed by atoms with van der Waals surface area (Å²) >= 11 is 0. The fourth-order valence-electron chi connectivity index (χ4n) is 8.03. The van der Waals surface area contributed by atoms with Gasteiger partial charge < -0.3 is 9.64 Å². The van der Waals surface area contributed by atoms with E-state index in [9.17, 15) is 0 Å². The minimum Gasteiger partial charge on any atom is -0.456 e. The third-order valence-electron chi connectivity index (χ3n) is 10.7. The predicted molar refractivity (Wildman–Crippen MR) is 234 cm³/mol. The summed E-state index contributed by atoms with van der Waals surface area (Å²) in [7, 11) is 0. The van der Waals surface area contributed by atoms with Crippen LogP contribution in [0.25, 0.3) is 66.8 Å². The lowest BCUT2D eigenvalue weighted by molar-refractivity contribution is 0.488. The van der Waals surface area contributed by atoms with Crippen molar-refractivity contribution in [2.75, 3.05) is 4.90 Å². The quantitative estimate of drug-likeness (QED) is 0.163. The van der Waals surface area contributed by atoms with E-state index in [1.807, 2.05) is 0 Å². The van der Waals surface area contributed by atoms with Gasteiger partial charge in [-0.3, -0.25) is 0 Å². The molecule has 0 bridgehead atoms. The second kappa shape index (κ2) is 14.4. The lowest BCUT2D eigenvalue weighted by Gasteiger charge is -2.29. The van der Waals surface area contributed by atoms with Gasteiger partial charge in [0.25, 0.3) is 0 Å². The molecule has 0 saturated heterocycles. The Morgan fingerprint density at radius 3 is 1.39 bits per heavy atom. The van der Waals surface area contributed by atoms with Crippen LogP contribution < -0.4 is 9.64 Å². The van der Waals surface area contributed by atoms with Crippen LogP contribution in [0, 0.1) is 0 Å². The summed E-state index contributed by atoms with van der Waals surface area (Å²) in [6, 6.07) is 79.9. The van der Waals surface area contributed by atoms with Gasteiger partial charge in [-0.25, -0.2) is 0 Å². The number of fused-ring (bicyclic) bond motifs is 5. The first-order valence-electron chi connectivity index (χ1n) is 19.1. The van der Waals surface area contributed by atoms with Crippen molar-refractivity contribution in [1.29, 1.82) is 0 Å². The Morgan fingerprint density at radius 1 is 0.268 bits per heavy atom. The molecule has 0 N–H and O–H groups in total. The highest BCUT2D eigenvalue weighted by Gasteiger charge is 2.29. The van der Waals surface area contributed by atoms with Crippen LogP contribution in [-0.4, -0.2) is 0 Å². The molecule has 0 amide bonds. The molecule has 0 aliphatic carbocycles. The molecule has 264 valence electrons. The molecule has 0 fully saturated rings. The summed E-state index contributed by atoms with van der Waals surface area (Å²) in [4.78, 5) is 2.38. The standard InChI is InChI=1S/C54H37NO/c1-5-16-38(17-6-1)41-30-33-45(34-31-41)55(46-25-13-24-43(36-46)39-18-7-2-8-19-39)50-27-15-29-52-54(50)48-35-32-44(40-20-9-3-10-21-40)37-49(48)53-47(26-14-28-51(53)56-52)42-22-11-4-12-23-42/h1-37H. The highest BCUT2D eigenvalue weighted by Crippen LogP contribution is 2.55. The number of ether oxygens (including phenoxy) is 1. The van der Waals surface area contributed by atoms with Crippen molar-refractivity contribution < 1.29 is 4.74 Å². The molecular formula is C54H37NO. The van der Waals surface area contributed by atoms with Crippen LogP contribution in [0.2, 0.25) is 0 Å². The topological polar surface area (TPSA) is 12.5 Å². The molecule has 0 spiro atoms. The summed E-state index contributed by atoms with van der Waals surface area (Å²) in [6.45, 7) is 0. The smallest absolute Gasteiger partial charge is 0.137 e. The number of anilines is 3. The molecule has 0 radical (unpaired) electrons. The Kier molecular flexibility index (Phi) is 8.55. The molecular weight excluding hydrogens is 679 g/mol. The molecule has 2 nitrogen and oxygen atoms in total. The van der Waals surface area contributed by atoms with Gasteiger partial charge in [0.15, 0.2) is 0 Å². The van der Waals surface area contributed by atoms with Gasteiger partial charge in [-0.2, -0.15) is 0 Å². The van der Waals surface area contributed by atoms with Gasteiger partial charge in [-0.1, -0.05) is 176 Å². The maximum atomic E-state index is 7.10. The number of benzene rings is 9. The minimum absolute atomic E-state index is 0.810. The Balaban J connectivity index is 1.23. The molecule has 0 atom stereocenters. The monoisotopic (exact) mass is 715 g/mol. The largest absolute Gasteiger partial charge is 0.456 e. The molecule has 1 aliphatic rings. The molecule has 0 aromatic heterocycles. The van der Waals surface area contributed by atoms with Crippen molar-refractivity contribution in [3.63, 3.8) is 0 Å². The zero-order chi connectivity index (χ0) is 37.3. The predicted octanol–water partition coefficient (Wildman–Crippen LogP) is 15.3. The Morgan fingerprint density at radius 2 is 0.750 bits per heavy atom. The van der Waals surface area contributed by atoms with E-state index >= 15 is 0 Å². The SMILES string of the molecule is c1ccc(-c2ccc(N(c3cccc(-c4ccccc4)c3)c3cccc4c3-c3ccc(-c5ccccc5)cc3-c3c(cccc3-c3ccccc3)O4)cc2)cc1. The van der Waals surface area contributed by atoms with Gasteiger partial charge in [0.05, 0.1) is 5.69 Å². The zero-order valence-corrected chi connectivity index (χ0v) is 30.7. The number of hydrogen-bond acceptors (Lipinski definition) is 2. The van der Waals surface area contributed by atoms with Crippen molar-refractivity contribution >= 4 is 17.1 Å². The zero-order valence-electron chi connectivity index (χ0n) is 30.7.